The van der Waals surface area contributed by atoms with Crippen molar-refractivity contribution in [1.29, 1.82) is 0 Å². The predicted octanol–water partition coefficient (Wildman–Crippen LogP) is 0.570. The van der Waals surface area contributed by atoms with Gasteiger partial charge in [0.05, 0.1) is 18.6 Å². The van der Waals surface area contributed by atoms with E-state index >= 15 is 0 Å². The summed E-state index contributed by atoms with van der Waals surface area (Å²) < 4.78 is 4.72. The number of terminal acetylenes is 1. The van der Waals surface area contributed by atoms with E-state index in [1.807, 2.05) is 0 Å². The highest BCUT2D eigenvalue weighted by molar-refractivity contribution is 5.73. The van der Waals surface area contributed by atoms with Gasteiger partial charge in [-0.15, -0.1) is 12.3 Å². The second kappa shape index (κ2) is 5.62. The summed E-state index contributed by atoms with van der Waals surface area (Å²) in [7, 11) is 0. The molecule has 0 aromatic carbocycles. The van der Waals surface area contributed by atoms with Gasteiger partial charge < -0.3 is 9.84 Å². The van der Waals surface area contributed by atoms with Crippen molar-refractivity contribution >= 4 is 5.97 Å². The van der Waals surface area contributed by atoms with Gasteiger partial charge in [0.2, 0.25) is 0 Å². The molecule has 0 unspecified atom stereocenters. The molecule has 3 nitrogen and oxygen atoms in total. The maximum atomic E-state index is 11.1. The highest BCUT2D eigenvalue weighted by Crippen LogP contribution is 2.10. The third kappa shape index (κ3) is 3.40. The van der Waals surface area contributed by atoms with Crippen LogP contribution >= 0.6 is 0 Å². The van der Waals surface area contributed by atoms with Gasteiger partial charge >= 0.3 is 5.97 Å². The van der Waals surface area contributed by atoms with Crippen molar-refractivity contribution < 1.29 is 14.6 Å². The molecule has 0 heterocycles. The van der Waals surface area contributed by atoms with Gasteiger partial charge in [-0.1, -0.05) is 0 Å². The van der Waals surface area contributed by atoms with Gasteiger partial charge in [0, 0.05) is 6.42 Å². The number of ether oxygens (including phenoxy) is 1. The van der Waals surface area contributed by atoms with E-state index < -0.39 is 18.0 Å². The molecule has 0 aromatic rings. The Morgan fingerprint density at radius 2 is 2.33 bits per heavy atom. The fraction of sp³-hybridized carbons (Fsp3) is 0.667. The first-order valence-corrected chi connectivity index (χ1v) is 3.91. The van der Waals surface area contributed by atoms with Crippen LogP contribution in [0.2, 0.25) is 0 Å². The van der Waals surface area contributed by atoms with Crippen molar-refractivity contribution in [3.05, 3.63) is 0 Å². The first-order valence-electron chi connectivity index (χ1n) is 3.91. The number of hydrogen-bond acceptors (Lipinski definition) is 3. The van der Waals surface area contributed by atoms with Gasteiger partial charge in [0.25, 0.3) is 0 Å². The molecule has 0 aliphatic rings. The fourth-order valence-electron chi connectivity index (χ4n) is 0.827. The molecule has 0 amide bonds. The van der Waals surface area contributed by atoms with Crippen molar-refractivity contribution in [2.75, 3.05) is 6.61 Å². The maximum Gasteiger partial charge on any atom is 0.312 e. The molecule has 0 bridgehead atoms. The third-order valence-electron chi connectivity index (χ3n) is 1.51. The largest absolute Gasteiger partial charge is 0.466 e. The van der Waals surface area contributed by atoms with Gasteiger partial charge in [-0.25, -0.2) is 0 Å². The van der Waals surface area contributed by atoms with E-state index in [2.05, 4.69) is 5.92 Å². The van der Waals surface area contributed by atoms with E-state index in [9.17, 15) is 4.79 Å². The maximum absolute atomic E-state index is 11.1. The topological polar surface area (TPSA) is 46.5 Å². The predicted molar refractivity (Wildman–Crippen MR) is 45.3 cm³/mol. The molecular formula is C9H14O3. The zero-order valence-electron chi connectivity index (χ0n) is 7.41. The van der Waals surface area contributed by atoms with Gasteiger partial charge in [-0.2, -0.15) is 0 Å². The fourth-order valence-corrected chi connectivity index (χ4v) is 0.827. The van der Waals surface area contributed by atoms with E-state index in [0.717, 1.165) is 0 Å². The standard InChI is InChI=1S/C9H14O3/c1-4-6-8(7(3)10)9(11)12-5-2/h1,7-8,10H,5-6H2,2-3H3/t7-,8+/m0/s1. The van der Waals surface area contributed by atoms with E-state index in [1.54, 1.807) is 6.92 Å². The highest BCUT2D eigenvalue weighted by atomic mass is 16.5. The van der Waals surface area contributed by atoms with Crippen LogP contribution in [-0.4, -0.2) is 23.8 Å². The second-order valence-corrected chi connectivity index (χ2v) is 2.51. The summed E-state index contributed by atoms with van der Waals surface area (Å²) in [6.07, 6.45) is 4.50. The number of esters is 1. The Labute approximate surface area is 72.7 Å². The van der Waals surface area contributed by atoms with Crippen LogP contribution in [0.5, 0.6) is 0 Å². The number of hydrogen-bond donors (Lipinski definition) is 1. The quantitative estimate of drug-likeness (QED) is 0.495. The van der Waals surface area contributed by atoms with Crippen molar-refractivity contribution in [2.45, 2.75) is 26.4 Å². The van der Waals surface area contributed by atoms with Crippen molar-refractivity contribution in [1.82, 2.24) is 0 Å². The summed E-state index contributed by atoms with van der Waals surface area (Å²) in [5, 5.41) is 9.14. The molecule has 2 atom stereocenters. The second-order valence-electron chi connectivity index (χ2n) is 2.51. The Morgan fingerprint density at radius 3 is 2.67 bits per heavy atom. The molecule has 0 rings (SSSR count). The van der Waals surface area contributed by atoms with Crippen molar-refractivity contribution in [2.24, 2.45) is 5.92 Å². The molecule has 0 aliphatic heterocycles. The minimum atomic E-state index is -0.750. The van der Waals surface area contributed by atoms with E-state index in [4.69, 9.17) is 16.3 Å². The molecule has 0 aliphatic carbocycles. The molecule has 0 fully saturated rings. The van der Waals surface area contributed by atoms with Crippen LogP contribution in [0.1, 0.15) is 20.3 Å². The Bertz CT molecular complexity index is 179. The van der Waals surface area contributed by atoms with Gasteiger partial charge in [0.1, 0.15) is 0 Å². The molecule has 1 N–H and O–H groups in total. The lowest BCUT2D eigenvalue weighted by atomic mass is 10.0. The zero-order chi connectivity index (χ0) is 9.56. The molecule has 12 heavy (non-hydrogen) atoms. The Morgan fingerprint density at radius 1 is 1.75 bits per heavy atom. The summed E-state index contributed by atoms with van der Waals surface area (Å²) >= 11 is 0. The summed E-state index contributed by atoms with van der Waals surface area (Å²) in [6.45, 7) is 3.55. The summed E-state index contributed by atoms with van der Waals surface area (Å²) in [5.41, 5.74) is 0. The van der Waals surface area contributed by atoms with E-state index in [-0.39, 0.29) is 6.42 Å². The molecular weight excluding hydrogens is 156 g/mol. The first-order chi connectivity index (χ1) is 5.63. The number of carbonyl (C=O) groups excluding carboxylic acids is 1. The summed E-state index contributed by atoms with van der Waals surface area (Å²) in [6, 6.07) is 0. The van der Waals surface area contributed by atoms with Crippen LogP contribution in [0.4, 0.5) is 0 Å². The average Bonchev–Trinajstić information content (AvgIpc) is 1.99. The van der Waals surface area contributed by atoms with Crippen LogP contribution < -0.4 is 0 Å². The van der Waals surface area contributed by atoms with Gasteiger partial charge in [-0.05, 0) is 13.8 Å². The minimum Gasteiger partial charge on any atom is -0.466 e. The average molecular weight is 170 g/mol. The first kappa shape index (κ1) is 11.0. The Balaban J connectivity index is 4.11. The van der Waals surface area contributed by atoms with E-state index in [0.29, 0.717) is 6.61 Å². The number of aliphatic hydroxyl groups is 1. The highest BCUT2D eigenvalue weighted by Gasteiger charge is 2.23. The third-order valence-corrected chi connectivity index (χ3v) is 1.51. The molecule has 0 radical (unpaired) electrons. The minimum absolute atomic E-state index is 0.219. The number of carbonyl (C=O) groups is 1. The van der Waals surface area contributed by atoms with Crippen molar-refractivity contribution in [3.8, 4) is 12.3 Å². The van der Waals surface area contributed by atoms with Gasteiger partial charge in [0.15, 0.2) is 0 Å². The lowest BCUT2D eigenvalue weighted by molar-refractivity contribution is -0.151. The summed E-state index contributed by atoms with van der Waals surface area (Å²) in [4.78, 5) is 11.1. The number of aliphatic hydroxyl groups excluding tert-OH is 1. The zero-order valence-corrected chi connectivity index (χ0v) is 7.41. The smallest absolute Gasteiger partial charge is 0.312 e. The SMILES string of the molecule is C#CC[C@@H](C(=O)OCC)[C@H](C)O. The van der Waals surface area contributed by atoms with Crippen LogP contribution in [-0.2, 0) is 9.53 Å². The Hall–Kier alpha value is -1.01. The number of rotatable bonds is 4. The summed E-state index contributed by atoms with van der Waals surface area (Å²) in [5.74, 6) is 1.31. The monoisotopic (exact) mass is 170 g/mol. The molecule has 68 valence electrons. The lowest BCUT2D eigenvalue weighted by Gasteiger charge is -2.14. The molecule has 0 saturated heterocycles. The molecule has 0 aromatic heterocycles. The lowest BCUT2D eigenvalue weighted by Crippen LogP contribution is -2.27. The molecule has 0 saturated carbocycles. The molecule has 0 spiro atoms. The van der Waals surface area contributed by atoms with Crippen LogP contribution in [0.15, 0.2) is 0 Å². The van der Waals surface area contributed by atoms with Gasteiger partial charge in [-0.3, -0.25) is 4.79 Å². The normalized spacial score (nSPS) is 14.5. The Kier molecular flexibility index (Phi) is 5.14. The van der Waals surface area contributed by atoms with Crippen LogP contribution in [0.25, 0.3) is 0 Å². The van der Waals surface area contributed by atoms with E-state index in [1.165, 1.54) is 6.92 Å². The van der Waals surface area contributed by atoms with Crippen molar-refractivity contribution in [3.63, 3.8) is 0 Å². The van der Waals surface area contributed by atoms with Crippen LogP contribution in [0, 0.1) is 18.3 Å². The van der Waals surface area contributed by atoms with Crippen LogP contribution in [0.3, 0.4) is 0 Å². The molecule has 3 heteroatoms.